The zero-order valence-corrected chi connectivity index (χ0v) is 15.8. The summed E-state index contributed by atoms with van der Waals surface area (Å²) in [5.74, 6) is 0. The van der Waals surface area contributed by atoms with E-state index in [0.29, 0.717) is 5.41 Å². The van der Waals surface area contributed by atoms with E-state index in [1.807, 2.05) is 0 Å². The zero-order valence-electron chi connectivity index (χ0n) is 14.2. The molecule has 0 aliphatic heterocycles. The minimum absolute atomic E-state index is 0.694. The van der Waals surface area contributed by atoms with Gasteiger partial charge in [0.05, 0.1) is 0 Å². The highest BCUT2D eigenvalue weighted by molar-refractivity contribution is 9.10. The summed E-state index contributed by atoms with van der Waals surface area (Å²) in [5.41, 5.74) is 2.97. The largest absolute Gasteiger partial charge is 0.0654 e. The van der Waals surface area contributed by atoms with Crippen LogP contribution < -0.4 is 0 Å². The fourth-order valence-electron chi connectivity index (χ4n) is 4.90. The molecular weight excluding hydrogens is 332 g/mol. The van der Waals surface area contributed by atoms with Gasteiger partial charge in [0, 0.05) is 4.47 Å². The number of halogens is 1. The third-order valence-electron chi connectivity index (χ3n) is 6.72. The first kappa shape index (κ1) is 16.6. The van der Waals surface area contributed by atoms with Crippen molar-refractivity contribution in [3.8, 4) is 0 Å². The lowest BCUT2D eigenvalue weighted by molar-refractivity contribution is -0.0204. The molecule has 0 spiro atoms. The molecule has 1 aromatic carbocycles. The Kier molecular flexibility index (Phi) is 5.32. The third kappa shape index (κ3) is 3.78. The van der Waals surface area contributed by atoms with Crippen LogP contribution in [-0.2, 0) is 6.42 Å². The molecule has 3 aliphatic carbocycles. The van der Waals surface area contributed by atoms with Crippen LogP contribution in [0.15, 0.2) is 28.7 Å². The normalized spacial score (nSPS) is 30.6. The number of aryl methyl sites for hydroxylation is 1. The highest BCUT2D eigenvalue weighted by Crippen LogP contribution is 2.60. The molecule has 0 atom stereocenters. The van der Waals surface area contributed by atoms with E-state index in [2.05, 4.69) is 47.1 Å². The summed E-state index contributed by atoms with van der Waals surface area (Å²) < 4.78 is 1.20. The molecule has 0 saturated heterocycles. The summed E-state index contributed by atoms with van der Waals surface area (Å²) >= 11 is 3.54. The summed E-state index contributed by atoms with van der Waals surface area (Å²) in [4.78, 5) is 0. The molecule has 0 aromatic heterocycles. The maximum absolute atomic E-state index is 3.54. The van der Waals surface area contributed by atoms with Gasteiger partial charge < -0.3 is 0 Å². The fourth-order valence-corrected chi connectivity index (χ4v) is 5.17. The minimum Gasteiger partial charge on any atom is -0.0654 e. The van der Waals surface area contributed by atoms with Crippen molar-refractivity contribution in [2.24, 2.45) is 10.8 Å². The molecule has 1 heteroatoms. The van der Waals surface area contributed by atoms with Crippen LogP contribution in [0.1, 0.15) is 83.1 Å². The Morgan fingerprint density at radius 2 is 1.36 bits per heavy atom. The molecule has 22 heavy (non-hydrogen) atoms. The molecule has 0 heterocycles. The molecule has 0 radical (unpaired) electrons. The van der Waals surface area contributed by atoms with Gasteiger partial charge in [-0.3, -0.25) is 0 Å². The Hall–Kier alpha value is -0.300. The Bertz CT molecular complexity index is 449. The van der Waals surface area contributed by atoms with Crippen LogP contribution in [-0.4, -0.2) is 0 Å². The SMILES string of the molecule is CCCCCC12CCC(CCc3ccc(Br)cc3)(CC1)CC2. The van der Waals surface area contributed by atoms with E-state index in [0.717, 1.165) is 5.41 Å². The summed E-state index contributed by atoms with van der Waals surface area (Å²) in [6, 6.07) is 8.96. The van der Waals surface area contributed by atoms with Crippen LogP contribution in [0, 0.1) is 10.8 Å². The average Bonchev–Trinajstić information content (AvgIpc) is 2.57. The molecule has 0 nitrogen and oxygen atoms in total. The summed E-state index contributed by atoms with van der Waals surface area (Å²) in [6.45, 7) is 2.33. The van der Waals surface area contributed by atoms with Gasteiger partial charge in [0.25, 0.3) is 0 Å². The van der Waals surface area contributed by atoms with Crippen LogP contribution in [0.4, 0.5) is 0 Å². The van der Waals surface area contributed by atoms with Gasteiger partial charge >= 0.3 is 0 Å². The van der Waals surface area contributed by atoms with E-state index >= 15 is 0 Å². The second kappa shape index (κ2) is 7.07. The van der Waals surface area contributed by atoms with Crippen LogP contribution in [0.3, 0.4) is 0 Å². The Morgan fingerprint density at radius 1 is 0.818 bits per heavy atom. The molecule has 3 saturated carbocycles. The van der Waals surface area contributed by atoms with Crippen molar-refractivity contribution in [2.75, 3.05) is 0 Å². The lowest BCUT2D eigenvalue weighted by atomic mass is 9.51. The fraction of sp³-hybridized carbons (Fsp3) is 0.714. The first-order chi connectivity index (χ1) is 10.7. The Balaban J connectivity index is 1.51. The molecule has 0 N–H and O–H groups in total. The molecular formula is C21H31Br. The predicted octanol–water partition coefficient (Wildman–Crippen LogP) is 7.30. The van der Waals surface area contributed by atoms with Gasteiger partial charge in [-0.15, -0.1) is 0 Å². The third-order valence-corrected chi connectivity index (χ3v) is 7.25. The monoisotopic (exact) mass is 362 g/mol. The van der Waals surface area contributed by atoms with Crippen LogP contribution in [0.2, 0.25) is 0 Å². The van der Waals surface area contributed by atoms with Gasteiger partial charge in [0.2, 0.25) is 0 Å². The molecule has 0 unspecified atom stereocenters. The molecule has 3 fully saturated rings. The molecule has 0 amide bonds. The summed E-state index contributed by atoms with van der Waals surface area (Å²) in [6.07, 6.45) is 17.6. The van der Waals surface area contributed by atoms with Crippen molar-refractivity contribution in [3.63, 3.8) is 0 Å². The molecule has 2 bridgehead atoms. The van der Waals surface area contributed by atoms with Crippen molar-refractivity contribution in [2.45, 2.75) is 84.0 Å². The van der Waals surface area contributed by atoms with Gasteiger partial charge in [-0.05, 0) is 86.3 Å². The standard InChI is InChI=1S/C21H31Br/c1-2-3-4-10-20-12-15-21(16-13-20,17-14-20)11-9-18-5-7-19(22)8-6-18/h5-8H,2-4,9-17H2,1H3. The maximum Gasteiger partial charge on any atom is 0.0175 e. The number of hydrogen-bond donors (Lipinski definition) is 0. The lowest BCUT2D eigenvalue weighted by Gasteiger charge is -2.54. The highest BCUT2D eigenvalue weighted by Gasteiger charge is 2.47. The minimum atomic E-state index is 0.694. The highest BCUT2D eigenvalue weighted by atomic mass is 79.9. The van der Waals surface area contributed by atoms with E-state index in [1.54, 1.807) is 0 Å². The van der Waals surface area contributed by atoms with Gasteiger partial charge in [-0.2, -0.15) is 0 Å². The Morgan fingerprint density at radius 3 is 1.91 bits per heavy atom. The quantitative estimate of drug-likeness (QED) is 0.446. The van der Waals surface area contributed by atoms with Crippen molar-refractivity contribution >= 4 is 15.9 Å². The number of rotatable bonds is 7. The van der Waals surface area contributed by atoms with Gasteiger partial charge in [-0.25, -0.2) is 0 Å². The predicted molar refractivity (Wildman–Crippen MR) is 99.2 cm³/mol. The topological polar surface area (TPSA) is 0 Å². The van der Waals surface area contributed by atoms with Crippen molar-refractivity contribution in [1.82, 2.24) is 0 Å². The second-order valence-corrected chi connectivity index (χ2v) is 9.00. The van der Waals surface area contributed by atoms with Crippen LogP contribution in [0.5, 0.6) is 0 Å². The zero-order chi connectivity index (χ0) is 15.5. The molecule has 1 aromatic rings. The number of benzene rings is 1. The lowest BCUT2D eigenvalue weighted by Crippen LogP contribution is -2.41. The summed E-state index contributed by atoms with van der Waals surface area (Å²) in [5, 5.41) is 0. The average molecular weight is 363 g/mol. The number of fused-ring (bicyclic) bond motifs is 3. The van der Waals surface area contributed by atoms with Crippen molar-refractivity contribution in [1.29, 1.82) is 0 Å². The van der Waals surface area contributed by atoms with E-state index in [1.165, 1.54) is 87.1 Å². The number of hydrogen-bond acceptors (Lipinski definition) is 0. The molecule has 4 rings (SSSR count). The van der Waals surface area contributed by atoms with Crippen molar-refractivity contribution in [3.05, 3.63) is 34.3 Å². The molecule has 122 valence electrons. The van der Waals surface area contributed by atoms with E-state index in [9.17, 15) is 0 Å². The Labute approximate surface area is 145 Å². The van der Waals surface area contributed by atoms with Gasteiger partial charge in [-0.1, -0.05) is 54.2 Å². The van der Waals surface area contributed by atoms with E-state index in [4.69, 9.17) is 0 Å². The first-order valence-corrected chi connectivity index (χ1v) is 10.2. The van der Waals surface area contributed by atoms with E-state index < -0.39 is 0 Å². The van der Waals surface area contributed by atoms with Crippen LogP contribution >= 0.6 is 15.9 Å². The van der Waals surface area contributed by atoms with Crippen LogP contribution in [0.25, 0.3) is 0 Å². The second-order valence-electron chi connectivity index (χ2n) is 8.08. The maximum atomic E-state index is 3.54. The van der Waals surface area contributed by atoms with Gasteiger partial charge in [0.1, 0.15) is 0 Å². The van der Waals surface area contributed by atoms with Crippen molar-refractivity contribution < 1.29 is 0 Å². The smallest absolute Gasteiger partial charge is 0.0175 e. The molecule has 3 aliphatic rings. The summed E-state index contributed by atoms with van der Waals surface area (Å²) in [7, 11) is 0. The van der Waals surface area contributed by atoms with Gasteiger partial charge in [0.15, 0.2) is 0 Å². The number of unbranched alkanes of at least 4 members (excludes halogenated alkanes) is 2. The first-order valence-electron chi connectivity index (χ1n) is 9.40. The van der Waals surface area contributed by atoms with E-state index in [-0.39, 0.29) is 0 Å².